The van der Waals surface area contributed by atoms with Crippen LogP contribution in [0.2, 0.25) is 0 Å². The molecule has 0 saturated carbocycles. The van der Waals surface area contributed by atoms with Crippen LogP contribution in [0.3, 0.4) is 0 Å². The van der Waals surface area contributed by atoms with Gasteiger partial charge < -0.3 is 85.5 Å². The molecular weight excluding hydrogens is 1390 g/mol. The first kappa shape index (κ1) is 92.5. The molecule has 11 amide bonds. The smallest absolute Gasteiger partial charge is 0.410 e. The van der Waals surface area contributed by atoms with E-state index in [1.54, 1.807) is 89.9 Å². The highest BCUT2D eigenvalue weighted by molar-refractivity contribution is 6.01. The molecule has 2 aromatic carbocycles. The third-order valence-corrected chi connectivity index (χ3v) is 19.7. The predicted octanol–water partition coefficient (Wildman–Crippen LogP) is 6.66. The van der Waals surface area contributed by atoms with Crippen molar-refractivity contribution in [3.05, 3.63) is 77.9 Å². The van der Waals surface area contributed by atoms with Gasteiger partial charge in [-0.1, -0.05) is 123 Å². The number of likely N-dealkylation sites (N-methyl/N-ethyl adjacent to an activating group) is 2. The number of anilines is 1. The molecule has 4 rings (SSSR count). The third kappa shape index (κ3) is 32.0. The van der Waals surface area contributed by atoms with E-state index in [9.17, 15) is 53.1 Å². The standard InChI is InChI=1S/C78H127N11O19/c1-15-53(8)68(62(101-13)48-64(91)89-39-25-31-61(89)70(102-14)54(9)71(93)82-55(10)69(92)57-26-20-19-21-27-57)87(11)66(51(4)5)74(96)86-75(97)67(52(6)7)88(12)78(100)107-49-56-32-34-58(35-33-56)83-72(94)60(30-24-37-80-76(79)98)84-73(95)65(50(2)3)85-63(90)36-40-103-42-44-105-46-47-106-45-43-104-41-38-81-77(99)108-59-28-22-17-16-18-23-29-59/h16-17,19-21,26-27,32-35,50-55,59-62,65-70,92H,15,18,22-25,28-31,36-49H2,1-14H3,(H,81,99)(H,82,93)(H,83,94)(H,84,95)(H,85,90)(H3,79,80,98)(H,86,96,97)/b17-16-/t53-,54+,55+,59?,60-,61-,62+,65-,66-,67-,68-,69+,70+/m0/s1. The van der Waals surface area contributed by atoms with Crippen molar-refractivity contribution in [2.75, 3.05) is 106 Å². The summed E-state index contributed by atoms with van der Waals surface area (Å²) in [5.41, 5.74) is 6.79. The van der Waals surface area contributed by atoms with Crippen LogP contribution in [0.1, 0.15) is 164 Å². The molecule has 1 aliphatic carbocycles. The number of nitrogens with two attached hydrogens (primary N) is 1. The minimum Gasteiger partial charge on any atom is -0.446 e. The third-order valence-electron chi connectivity index (χ3n) is 19.7. The number of nitrogens with zero attached hydrogens (tertiary/aromatic N) is 3. The van der Waals surface area contributed by atoms with Gasteiger partial charge in [-0.15, -0.1) is 0 Å². The SMILES string of the molecule is CC[C@H](C)[C@@H]([C@@H](CC(=O)N1CCC[C@H]1[C@H](OC)[C@@H](C)C(=O)N[C@H](C)[C@@H](O)c1ccccc1)OC)N(C)[C@H](C(=O)NC(=O)[C@H](C(C)C)N(C)C(=O)OCc1ccc(NC(=O)[C@H](CCCNC(N)=O)NC(=O)[C@@H](NC(=O)CCOCCOCCOCCOCCNC(=O)OC2CC/C=C\CCC2)C(C)C)cc1)C(C)C. The number of likely N-dealkylation sites (tertiary alicyclic amines) is 1. The fourth-order valence-corrected chi connectivity index (χ4v) is 13.6. The highest BCUT2D eigenvalue weighted by Crippen LogP contribution is 2.31. The zero-order valence-corrected chi connectivity index (χ0v) is 66.3. The molecule has 0 radical (unpaired) electrons. The lowest BCUT2D eigenvalue weighted by atomic mass is 9.87. The van der Waals surface area contributed by atoms with E-state index >= 15 is 0 Å². The zero-order chi connectivity index (χ0) is 79.8. The quantitative estimate of drug-likeness (QED) is 0.0247. The molecular formula is C78H127N11O19. The van der Waals surface area contributed by atoms with Crippen LogP contribution >= 0.6 is 0 Å². The Hall–Kier alpha value is -7.84. The average Bonchev–Trinajstić information content (AvgIpc) is 1.37. The normalized spacial score (nSPS) is 17.9. The van der Waals surface area contributed by atoms with Gasteiger partial charge in [-0.2, -0.15) is 0 Å². The molecule has 0 spiro atoms. The molecule has 13 atom stereocenters. The van der Waals surface area contributed by atoms with E-state index in [1.165, 1.54) is 21.3 Å². The molecule has 30 nitrogen and oxygen atoms in total. The van der Waals surface area contributed by atoms with Gasteiger partial charge in [0.2, 0.25) is 41.4 Å². The van der Waals surface area contributed by atoms with Gasteiger partial charge in [0.25, 0.3) is 0 Å². The molecule has 0 bridgehead atoms. The molecule has 10 N–H and O–H groups in total. The number of amides is 11. The maximum absolute atomic E-state index is 14.6. The minimum atomic E-state index is -1.16. The first-order valence-corrected chi connectivity index (χ1v) is 38.3. The van der Waals surface area contributed by atoms with E-state index in [1.807, 2.05) is 50.8 Å². The van der Waals surface area contributed by atoms with Gasteiger partial charge in [0.05, 0.1) is 102 Å². The summed E-state index contributed by atoms with van der Waals surface area (Å²) in [7, 11) is 6.24. The number of methoxy groups -OCH3 is 2. The molecule has 2 aliphatic rings. The number of aliphatic hydroxyl groups is 1. The monoisotopic (exact) mass is 1520 g/mol. The summed E-state index contributed by atoms with van der Waals surface area (Å²) in [6.07, 6.45) is 7.36. The van der Waals surface area contributed by atoms with E-state index in [4.69, 9.17) is 43.6 Å². The Kier molecular flexibility index (Phi) is 42.9. The number of allylic oxidation sites excluding steroid dienone is 2. The van der Waals surface area contributed by atoms with Gasteiger partial charge >= 0.3 is 18.2 Å². The summed E-state index contributed by atoms with van der Waals surface area (Å²) in [6, 6.07) is 8.94. The van der Waals surface area contributed by atoms with Crippen LogP contribution in [0, 0.1) is 29.6 Å². The molecule has 30 heteroatoms. The van der Waals surface area contributed by atoms with Crippen LogP contribution in [0.4, 0.5) is 20.1 Å². The molecule has 1 fully saturated rings. The van der Waals surface area contributed by atoms with E-state index < -0.39 is 120 Å². The van der Waals surface area contributed by atoms with Crippen molar-refractivity contribution in [2.24, 2.45) is 35.3 Å². The number of aliphatic hydroxyl groups excluding tert-OH is 1. The molecule has 1 saturated heterocycles. The van der Waals surface area contributed by atoms with Crippen molar-refractivity contribution in [1.82, 2.24) is 46.6 Å². The lowest BCUT2D eigenvalue weighted by Crippen LogP contribution is -2.60. The topological polar surface area (TPSA) is 385 Å². The van der Waals surface area contributed by atoms with Gasteiger partial charge in [-0.25, -0.2) is 14.4 Å². The fraction of sp³-hybridized carbons (Fsp3) is 0.692. The highest BCUT2D eigenvalue weighted by atomic mass is 16.6. The van der Waals surface area contributed by atoms with Crippen molar-refractivity contribution < 1.29 is 90.9 Å². The second-order valence-electron chi connectivity index (χ2n) is 29.0. The maximum atomic E-state index is 14.6. The number of carbonyl (C=O) groups excluding carboxylic acids is 10. The number of ether oxygens (including phenoxy) is 8. The van der Waals surface area contributed by atoms with Crippen molar-refractivity contribution in [3.8, 4) is 0 Å². The van der Waals surface area contributed by atoms with Gasteiger partial charge in [0, 0.05) is 59.1 Å². The Bertz CT molecular complexity index is 3090. The number of hydrogen-bond acceptors (Lipinski definition) is 20. The number of benzene rings is 2. The van der Waals surface area contributed by atoms with Crippen LogP contribution in [-0.2, 0) is 78.1 Å². The molecule has 1 unspecified atom stereocenters. The number of alkyl carbamates (subject to hydrolysis) is 1. The number of rotatable bonds is 48. The first-order valence-electron chi connectivity index (χ1n) is 38.3. The van der Waals surface area contributed by atoms with E-state index in [-0.39, 0.29) is 94.3 Å². The van der Waals surface area contributed by atoms with Crippen LogP contribution in [0.15, 0.2) is 66.7 Å². The molecule has 1 aliphatic heterocycles. The largest absolute Gasteiger partial charge is 0.446 e. The minimum absolute atomic E-state index is 0.0527. The van der Waals surface area contributed by atoms with Crippen molar-refractivity contribution in [2.45, 2.75) is 220 Å². The fourth-order valence-electron chi connectivity index (χ4n) is 13.6. The summed E-state index contributed by atoms with van der Waals surface area (Å²) in [4.78, 5) is 140. The second kappa shape index (κ2) is 50.1. The van der Waals surface area contributed by atoms with Gasteiger partial charge in [0.1, 0.15) is 30.8 Å². The summed E-state index contributed by atoms with van der Waals surface area (Å²) in [6.45, 7) is 21.0. The number of nitrogens with one attached hydrogen (secondary N) is 7. The van der Waals surface area contributed by atoms with E-state index in [0.29, 0.717) is 82.2 Å². The average molecular weight is 1520 g/mol. The molecule has 0 aromatic heterocycles. The summed E-state index contributed by atoms with van der Waals surface area (Å²) < 4.78 is 45.6. The zero-order valence-electron chi connectivity index (χ0n) is 66.3. The number of carbonyl (C=O) groups is 10. The molecule has 2 aromatic rings. The number of primary amides is 1. The maximum Gasteiger partial charge on any atom is 0.410 e. The van der Waals surface area contributed by atoms with Gasteiger partial charge in [-0.3, -0.25) is 48.7 Å². The number of imide groups is 1. The second-order valence-corrected chi connectivity index (χ2v) is 29.0. The van der Waals surface area contributed by atoms with Gasteiger partial charge in [-0.05, 0) is 119 Å². The van der Waals surface area contributed by atoms with E-state index in [2.05, 4.69) is 49.4 Å². The summed E-state index contributed by atoms with van der Waals surface area (Å²) >= 11 is 0. The van der Waals surface area contributed by atoms with E-state index in [0.717, 1.165) is 37.0 Å². The Morgan fingerprint density at radius 2 is 1.27 bits per heavy atom. The molecule has 1 heterocycles. The number of hydrogen-bond donors (Lipinski definition) is 9. The molecule has 608 valence electrons. The number of urea groups is 1. The van der Waals surface area contributed by atoms with Crippen molar-refractivity contribution in [1.29, 1.82) is 0 Å². The molecule has 108 heavy (non-hydrogen) atoms. The van der Waals surface area contributed by atoms with Crippen LogP contribution in [0.25, 0.3) is 0 Å². The predicted molar refractivity (Wildman–Crippen MR) is 407 cm³/mol. The van der Waals surface area contributed by atoms with Gasteiger partial charge in [0.15, 0.2) is 0 Å². The van der Waals surface area contributed by atoms with Crippen LogP contribution in [-0.4, -0.2) is 241 Å². The van der Waals surface area contributed by atoms with Crippen LogP contribution < -0.4 is 43.0 Å². The Balaban J connectivity index is 1.26. The Morgan fingerprint density at radius 3 is 1.87 bits per heavy atom. The van der Waals surface area contributed by atoms with Crippen molar-refractivity contribution in [3.63, 3.8) is 0 Å². The van der Waals surface area contributed by atoms with Crippen molar-refractivity contribution >= 4 is 65.3 Å². The lowest BCUT2D eigenvalue weighted by Gasteiger charge is -2.43. The Labute approximate surface area is 639 Å². The summed E-state index contributed by atoms with van der Waals surface area (Å²) in [5.74, 6) is -5.55. The summed E-state index contributed by atoms with van der Waals surface area (Å²) in [5, 5.41) is 30.0. The Morgan fingerprint density at radius 1 is 0.648 bits per heavy atom. The first-order chi connectivity index (χ1) is 51.5. The lowest BCUT2D eigenvalue weighted by molar-refractivity contribution is -0.144. The van der Waals surface area contributed by atoms with Crippen LogP contribution in [0.5, 0.6) is 0 Å². The highest BCUT2D eigenvalue weighted by Gasteiger charge is 2.45.